The van der Waals surface area contributed by atoms with Crippen molar-refractivity contribution in [3.63, 3.8) is 0 Å². The zero-order chi connectivity index (χ0) is 22.8. The van der Waals surface area contributed by atoms with E-state index >= 15 is 0 Å². The van der Waals surface area contributed by atoms with Gasteiger partial charge in [0.05, 0.1) is 0 Å². The molecule has 164 valence electrons. The van der Waals surface area contributed by atoms with Gasteiger partial charge in [0.25, 0.3) is 0 Å². The van der Waals surface area contributed by atoms with Gasteiger partial charge in [-0.2, -0.15) is 0 Å². The Morgan fingerprint density at radius 3 is 2.69 bits per heavy atom. The van der Waals surface area contributed by atoms with E-state index in [1.807, 2.05) is 62.3 Å². The van der Waals surface area contributed by atoms with Gasteiger partial charge < -0.3 is 0 Å². The maximum atomic E-state index is 12.7. The summed E-state index contributed by atoms with van der Waals surface area (Å²) < 4.78 is 2.06. The van der Waals surface area contributed by atoms with Crippen LogP contribution in [0.4, 0.5) is 5.69 Å². The second kappa shape index (κ2) is 9.17. The Morgan fingerprint density at radius 2 is 1.94 bits per heavy atom. The van der Waals surface area contributed by atoms with Crippen LogP contribution in [-0.2, 0) is 4.79 Å². The molecule has 2 heterocycles. The summed E-state index contributed by atoms with van der Waals surface area (Å²) in [4.78, 5) is 27.2. The summed E-state index contributed by atoms with van der Waals surface area (Å²) in [5, 5.41) is 15.6. The number of amides is 2. The molecule has 0 radical (unpaired) electrons. The molecule has 0 fully saturated rings. The number of nitrogens with zero attached hydrogens (tertiary/aromatic N) is 1. The van der Waals surface area contributed by atoms with Gasteiger partial charge in [-0.3, -0.25) is 0 Å². The fourth-order valence-electron chi connectivity index (χ4n) is 3.64. The molecule has 6 nitrogen and oxygen atoms in total. The second-order valence-electron chi connectivity index (χ2n) is 8.00. The number of carbonyl (C=O) groups is 2. The topological polar surface area (TPSA) is 81.7 Å². The van der Waals surface area contributed by atoms with Gasteiger partial charge >= 0.3 is 193 Å². The number of hydrogen-bond acceptors (Lipinski definition) is 4. The fourth-order valence-corrected chi connectivity index (χ4v) is 5.67. The molecule has 2 aromatic carbocycles. The molecule has 7 heteroatoms. The first-order valence-corrected chi connectivity index (χ1v) is 12.0. The molecule has 3 N–H and O–H groups in total. The Bertz CT molecular complexity index is 1230. The molecule has 0 atom stereocenters. The Labute approximate surface area is 193 Å². The van der Waals surface area contributed by atoms with Gasteiger partial charge in [-0.15, -0.1) is 0 Å². The van der Waals surface area contributed by atoms with Gasteiger partial charge in [0.2, 0.25) is 0 Å². The molecule has 4 rings (SSSR count). The number of aryl methyl sites for hydroxylation is 1. The van der Waals surface area contributed by atoms with Gasteiger partial charge in [0.15, 0.2) is 0 Å². The summed E-state index contributed by atoms with van der Waals surface area (Å²) >= 11 is 0.00572. The average molecular weight is 494 g/mol. The third-order valence-electron chi connectivity index (χ3n) is 5.29. The number of carbonyl (C=O) groups excluding carboxylic acids is 2. The quantitative estimate of drug-likeness (QED) is 0.363. The van der Waals surface area contributed by atoms with Gasteiger partial charge in [0.1, 0.15) is 0 Å². The number of aromatic hydroxyl groups is 1. The Kier molecular flexibility index (Phi) is 6.33. The summed E-state index contributed by atoms with van der Waals surface area (Å²) in [5.74, 6) is -0.00889. The van der Waals surface area contributed by atoms with E-state index in [9.17, 15) is 14.7 Å². The van der Waals surface area contributed by atoms with Crippen LogP contribution < -0.4 is 10.6 Å². The van der Waals surface area contributed by atoms with Crippen molar-refractivity contribution in [2.45, 2.75) is 6.92 Å². The molecule has 0 aliphatic carbocycles. The molecule has 0 bridgehead atoms. The minimum absolute atomic E-state index is 0.00572. The number of phenols is 1. The molecule has 0 unspecified atom stereocenters. The van der Waals surface area contributed by atoms with E-state index in [2.05, 4.69) is 10.6 Å². The molecule has 1 aliphatic rings. The van der Waals surface area contributed by atoms with Gasteiger partial charge in [-0.1, -0.05) is 0 Å². The molecule has 32 heavy (non-hydrogen) atoms. The van der Waals surface area contributed by atoms with Gasteiger partial charge in [-0.25, -0.2) is 0 Å². The zero-order valence-electron chi connectivity index (χ0n) is 18.2. The van der Waals surface area contributed by atoms with Crippen LogP contribution in [0.2, 0.25) is 0 Å². The summed E-state index contributed by atoms with van der Waals surface area (Å²) in [5.41, 5.74) is 4.70. The third kappa shape index (κ3) is 4.70. The monoisotopic (exact) mass is 495 g/mol. The van der Waals surface area contributed by atoms with Crippen molar-refractivity contribution in [2.24, 2.45) is 0 Å². The van der Waals surface area contributed by atoms with Gasteiger partial charge in [-0.05, 0) is 0 Å². The predicted molar refractivity (Wildman–Crippen MR) is 129 cm³/mol. The standard InChI is InChI=1S/C25H25N3O3Se/c1-15-21(24(30)26-9-10-28(2)3)13-19(32-15)14-22-20-8-7-17(12-23(20)27-25(22)31)16-5-4-6-18(29)11-16/h4-8,11-14,29H,9-10H2,1-3H3,(H,26,30)(H,27,31)/b22-14-. The number of hydrogen-bond donors (Lipinski definition) is 3. The van der Waals surface area contributed by atoms with E-state index in [4.69, 9.17) is 0 Å². The predicted octanol–water partition coefficient (Wildman–Crippen LogP) is 3.21. The third-order valence-corrected chi connectivity index (χ3v) is 7.39. The number of benzene rings is 2. The molecule has 2 amide bonds. The van der Waals surface area contributed by atoms with Crippen molar-refractivity contribution in [3.05, 3.63) is 68.5 Å². The summed E-state index contributed by atoms with van der Waals surface area (Å²) in [6, 6.07) is 14.7. The molecule has 0 spiro atoms. The van der Waals surface area contributed by atoms with Gasteiger partial charge in [0, 0.05) is 0 Å². The molecule has 1 aliphatic heterocycles. The number of anilines is 1. The Morgan fingerprint density at radius 1 is 1.16 bits per heavy atom. The Hall–Kier alpha value is -3.12. The van der Waals surface area contributed by atoms with Crippen molar-refractivity contribution in [1.29, 1.82) is 0 Å². The van der Waals surface area contributed by atoms with Crippen LogP contribution >= 0.6 is 0 Å². The van der Waals surface area contributed by atoms with E-state index in [1.54, 1.807) is 18.2 Å². The van der Waals surface area contributed by atoms with E-state index in [-0.39, 0.29) is 32.1 Å². The summed E-state index contributed by atoms with van der Waals surface area (Å²) in [7, 11) is 3.94. The molecule has 1 aromatic heterocycles. The zero-order valence-corrected chi connectivity index (χ0v) is 19.9. The first-order chi connectivity index (χ1) is 15.3. The second-order valence-corrected chi connectivity index (χ2v) is 10.7. The van der Waals surface area contributed by atoms with Crippen molar-refractivity contribution < 1.29 is 14.7 Å². The Balaban J connectivity index is 1.58. The van der Waals surface area contributed by atoms with Crippen molar-refractivity contribution >= 4 is 43.7 Å². The number of likely N-dealkylation sites (N-methyl/N-ethyl adjacent to an activating group) is 1. The van der Waals surface area contributed by atoms with Crippen LogP contribution in [-0.4, -0.2) is 63.5 Å². The molecule has 0 saturated carbocycles. The van der Waals surface area contributed by atoms with E-state index in [1.165, 1.54) is 0 Å². The number of fused-ring (bicyclic) bond motifs is 1. The molecule has 0 saturated heterocycles. The van der Waals surface area contributed by atoms with E-state index in [0.717, 1.165) is 37.8 Å². The van der Waals surface area contributed by atoms with Crippen LogP contribution in [0.1, 0.15) is 24.8 Å². The van der Waals surface area contributed by atoms with Crippen molar-refractivity contribution in [1.82, 2.24) is 10.2 Å². The molecular weight excluding hydrogens is 469 g/mol. The van der Waals surface area contributed by atoms with E-state index < -0.39 is 0 Å². The van der Waals surface area contributed by atoms with Crippen LogP contribution in [0.25, 0.3) is 22.8 Å². The number of phenolic OH excluding ortho intramolecular Hbond substituents is 1. The first kappa shape index (κ1) is 22.1. The average Bonchev–Trinajstić information content (AvgIpc) is 3.26. The van der Waals surface area contributed by atoms with Crippen LogP contribution in [0.3, 0.4) is 0 Å². The van der Waals surface area contributed by atoms with Crippen LogP contribution in [0, 0.1) is 6.92 Å². The SMILES string of the molecule is Cc1[se]c(/C=C2\C(=O)Nc3cc(-c4cccc(O)c4)ccc32)cc1C(=O)NCCN(C)C. The van der Waals surface area contributed by atoms with Crippen LogP contribution in [0.15, 0.2) is 48.5 Å². The molecule has 3 aromatic rings. The van der Waals surface area contributed by atoms with Crippen molar-refractivity contribution in [3.8, 4) is 16.9 Å². The van der Waals surface area contributed by atoms with Crippen molar-refractivity contribution in [2.75, 3.05) is 32.5 Å². The maximum absolute atomic E-state index is 12.7. The number of rotatable bonds is 6. The summed E-state index contributed by atoms with van der Waals surface area (Å²) in [6.45, 7) is 3.36. The minimum atomic E-state index is -0.147. The first-order valence-electron chi connectivity index (χ1n) is 10.3. The normalized spacial score (nSPS) is 14.0. The fraction of sp³-hybridized carbons (Fsp3) is 0.200. The number of nitrogens with one attached hydrogen (secondary N) is 2. The summed E-state index contributed by atoms with van der Waals surface area (Å²) in [6.07, 6.45) is 1.90. The molecular formula is C25H25N3O3Se. The van der Waals surface area contributed by atoms with E-state index in [0.29, 0.717) is 17.7 Å². The van der Waals surface area contributed by atoms with Crippen LogP contribution in [0.5, 0.6) is 5.75 Å².